The Morgan fingerprint density at radius 1 is 1.05 bits per heavy atom. The molecular formula is C15H12Br2O2. The van der Waals surface area contributed by atoms with Gasteiger partial charge in [-0.2, -0.15) is 0 Å². The Morgan fingerprint density at radius 3 is 2.32 bits per heavy atom. The average Bonchev–Trinajstić information content (AvgIpc) is 2.38. The van der Waals surface area contributed by atoms with Crippen LogP contribution in [0.15, 0.2) is 51.4 Å². The fraction of sp³-hybridized carbons (Fsp3) is 0.133. The Kier molecular flexibility index (Phi) is 4.77. The summed E-state index contributed by atoms with van der Waals surface area (Å²) in [5.41, 5.74) is 1.65. The molecule has 0 spiro atoms. The van der Waals surface area contributed by atoms with Crippen LogP contribution < -0.4 is 4.74 Å². The van der Waals surface area contributed by atoms with Crippen molar-refractivity contribution < 1.29 is 9.53 Å². The number of hydrogen-bond donors (Lipinski definition) is 0. The molecule has 0 heterocycles. The van der Waals surface area contributed by atoms with Crippen LogP contribution in [0, 0.1) is 0 Å². The first-order valence-corrected chi connectivity index (χ1v) is 7.32. The third-order valence-corrected chi connectivity index (χ3v) is 3.65. The number of rotatable bonds is 4. The van der Waals surface area contributed by atoms with Crippen LogP contribution in [0.25, 0.3) is 0 Å². The lowest BCUT2D eigenvalue weighted by Crippen LogP contribution is -2.01. The molecule has 2 aromatic rings. The lowest BCUT2D eigenvalue weighted by atomic mass is 10.1. The van der Waals surface area contributed by atoms with Crippen LogP contribution >= 0.6 is 31.9 Å². The Balaban J connectivity index is 2.16. The van der Waals surface area contributed by atoms with Gasteiger partial charge in [-0.15, -0.1) is 0 Å². The number of ketones is 1. The van der Waals surface area contributed by atoms with Crippen molar-refractivity contribution in [3.05, 3.63) is 62.5 Å². The Morgan fingerprint density at radius 2 is 1.68 bits per heavy atom. The van der Waals surface area contributed by atoms with Crippen molar-refractivity contribution in [1.82, 2.24) is 0 Å². The van der Waals surface area contributed by atoms with E-state index in [0.717, 1.165) is 14.5 Å². The molecule has 0 fully saturated rings. The molecule has 2 rings (SSSR count). The highest BCUT2D eigenvalue weighted by Crippen LogP contribution is 2.25. The van der Waals surface area contributed by atoms with E-state index in [0.29, 0.717) is 17.9 Å². The van der Waals surface area contributed by atoms with Gasteiger partial charge >= 0.3 is 0 Å². The largest absolute Gasteiger partial charge is 0.488 e. The van der Waals surface area contributed by atoms with E-state index in [4.69, 9.17) is 4.74 Å². The first-order chi connectivity index (χ1) is 9.06. The second kappa shape index (κ2) is 6.35. The van der Waals surface area contributed by atoms with E-state index in [9.17, 15) is 4.79 Å². The third kappa shape index (κ3) is 3.91. The topological polar surface area (TPSA) is 26.3 Å². The zero-order chi connectivity index (χ0) is 13.8. The van der Waals surface area contributed by atoms with Gasteiger partial charge in [-0.3, -0.25) is 4.79 Å². The molecule has 0 aliphatic heterocycles. The van der Waals surface area contributed by atoms with Crippen LogP contribution in [0.3, 0.4) is 0 Å². The number of Topliss-reactive ketones (excluding diaryl/α,β-unsaturated/α-hetero) is 1. The Hall–Kier alpha value is -1.13. The quantitative estimate of drug-likeness (QED) is 0.695. The summed E-state index contributed by atoms with van der Waals surface area (Å²) >= 11 is 6.77. The maximum atomic E-state index is 11.5. The van der Waals surface area contributed by atoms with E-state index in [2.05, 4.69) is 31.9 Å². The monoisotopic (exact) mass is 382 g/mol. The highest BCUT2D eigenvalue weighted by Gasteiger charge is 2.09. The van der Waals surface area contributed by atoms with Gasteiger partial charge in [0.2, 0.25) is 0 Å². The standard InChI is InChI=1S/C15H12Br2O2/c1-10(18)14-7-6-13(17)8-15(14)19-9-11-2-4-12(16)5-3-11/h2-8H,9H2,1H3. The molecule has 0 atom stereocenters. The van der Waals surface area contributed by atoms with Crippen LogP contribution in [0.5, 0.6) is 5.75 Å². The molecule has 0 N–H and O–H groups in total. The molecule has 2 aromatic carbocycles. The predicted octanol–water partition coefficient (Wildman–Crippen LogP) is 4.99. The molecule has 0 aliphatic carbocycles. The SMILES string of the molecule is CC(=O)c1ccc(Br)cc1OCc1ccc(Br)cc1. The van der Waals surface area contributed by atoms with Crippen LogP contribution in [-0.2, 0) is 6.61 Å². The first kappa shape index (κ1) is 14.3. The molecule has 2 nitrogen and oxygen atoms in total. The molecule has 0 saturated heterocycles. The molecule has 19 heavy (non-hydrogen) atoms. The van der Waals surface area contributed by atoms with Crippen molar-refractivity contribution in [2.75, 3.05) is 0 Å². The summed E-state index contributed by atoms with van der Waals surface area (Å²) in [6.07, 6.45) is 0. The van der Waals surface area contributed by atoms with E-state index in [1.807, 2.05) is 36.4 Å². The summed E-state index contributed by atoms with van der Waals surface area (Å²) in [6.45, 7) is 1.97. The van der Waals surface area contributed by atoms with Crippen molar-refractivity contribution >= 4 is 37.6 Å². The molecular weight excluding hydrogens is 372 g/mol. The van der Waals surface area contributed by atoms with Crippen molar-refractivity contribution in [3.63, 3.8) is 0 Å². The molecule has 0 aliphatic rings. The summed E-state index contributed by atoms with van der Waals surface area (Å²) in [4.78, 5) is 11.5. The molecule has 0 saturated carbocycles. The third-order valence-electron chi connectivity index (χ3n) is 2.63. The maximum Gasteiger partial charge on any atom is 0.163 e. The molecule has 0 unspecified atom stereocenters. The number of ether oxygens (including phenoxy) is 1. The van der Waals surface area contributed by atoms with Crippen LogP contribution in [0.2, 0.25) is 0 Å². The smallest absolute Gasteiger partial charge is 0.163 e. The van der Waals surface area contributed by atoms with E-state index < -0.39 is 0 Å². The van der Waals surface area contributed by atoms with Crippen molar-refractivity contribution in [2.24, 2.45) is 0 Å². The number of hydrogen-bond acceptors (Lipinski definition) is 2. The summed E-state index contributed by atoms with van der Waals surface area (Å²) < 4.78 is 7.66. The Bertz CT molecular complexity index is 592. The van der Waals surface area contributed by atoms with Crippen molar-refractivity contribution in [1.29, 1.82) is 0 Å². The van der Waals surface area contributed by atoms with Crippen molar-refractivity contribution in [3.8, 4) is 5.75 Å². The maximum absolute atomic E-state index is 11.5. The number of benzene rings is 2. The van der Waals surface area contributed by atoms with Gasteiger partial charge in [0.05, 0.1) is 5.56 Å². The molecule has 98 valence electrons. The van der Waals surface area contributed by atoms with Gasteiger partial charge in [0.15, 0.2) is 5.78 Å². The average molecular weight is 384 g/mol. The molecule has 0 amide bonds. The lowest BCUT2D eigenvalue weighted by Gasteiger charge is -2.10. The lowest BCUT2D eigenvalue weighted by molar-refractivity contribution is 0.101. The van der Waals surface area contributed by atoms with Gasteiger partial charge in [0.1, 0.15) is 12.4 Å². The first-order valence-electron chi connectivity index (χ1n) is 5.74. The number of carbonyl (C=O) groups is 1. The van der Waals surface area contributed by atoms with E-state index in [1.165, 1.54) is 6.92 Å². The van der Waals surface area contributed by atoms with E-state index in [-0.39, 0.29) is 5.78 Å². The van der Waals surface area contributed by atoms with Crippen LogP contribution in [0.1, 0.15) is 22.8 Å². The zero-order valence-electron chi connectivity index (χ0n) is 10.3. The van der Waals surface area contributed by atoms with Crippen LogP contribution in [0.4, 0.5) is 0 Å². The van der Waals surface area contributed by atoms with E-state index >= 15 is 0 Å². The zero-order valence-corrected chi connectivity index (χ0v) is 13.5. The highest BCUT2D eigenvalue weighted by molar-refractivity contribution is 9.10. The molecule has 4 heteroatoms. The minimum absolute atomic E-state index is 0.00157. The van der Waals surface area contributed by atoms with Gasteiger partial charge < -0.3 is 4.74 Å². The van der Waals surface area contributed by atoms with Gasteiger partial charge in [0, 0.05) is 8.95 Å². The second-order valence-corrected chi connectivity index (χ2v) is 5.94. The summed E-state index contributed by atoms with van der Waals surface area (Å²) in [7, 11) is 0. The Labute approximate surface area is 129 Å². The van der Waals surface area contributed by atoms with Gasteiger partial charge in [0.25, 0.3) is 0 Å². The number of carbonyl (C=O) groups excluding carboxylic acids is 1. The van der Waals surface area contributed by atoms with E-state index in [1.54, 1.807) is 6.07 Å². The molecule has 0 bridgehead atoms. The minimum Gasteiger partial charge on any atom is -0.488 e. The predicted molar refractivity (Wildman–Crippen MR) is 82.6 cm³/mol. The highest BCUT2D eigenvalue weighted by atomic mass is 79.9. The molecule has 0 aromatic heterocycles. The van der Waals surface area contributed by atoms with Crippen LogP contribution in [-0.4, -0.2) is 5.78 Å². The summed E-state index contributed by atoms with van der Waals surface area (Å²) in [5.74, 6) is 0.600. The van der Waals surface area contributed by atoms with Gasteiger partial charge in [-0.05, 0) is 42.8 Å². The number of halogens is 2. The molecule has 0 radical (unpaired) electrons. The fourth-order valence-corrected chi connectivity index (χ4v) is 2.25. The summed E-state index contributed by atoms with van der Waals surface area (Å²) in [5, 5.41) is 0. The van der Waals surface area contributed by atoms with Gasteiger partial charge in [-0.25, -0.2) is 0 Å². The normalized spacial score (nSPS) is 10.3. The summed E-state index contributed by atoms with van der Waals surface area (Å²) in [6, 6.07) is 13.3. The fourth-order valence-electron chi connectivity index (χ4n) is 1.65. The van der Waals surface area contributed by atoms with Gasteiger partial charge in [-0.1, -0.05) is 44.0 Å². The minimum atomic E-state index is -0.00157. The second-order valence-electron chi connectivity index (χ2n) is 4.11. The van der Waals surface area contributed by atoms with Crippen molar-refractivity contribution in [2.45, 2.75) is 13.5 Å².